The zero-order chi connectivity index (χ0) is 16.8. The summed E-state index contributed by atoms with van der Waals surface area (Å²) < 4.78 is 14.4. The molecule has 2 aliphatic carbocycles. The third-order valence-electron chi connectivity index (χ3n) is 6.39. The molecule has 1 nitrogen and oxygen atoms in total. The number of benzene rings is 1. The second kappa shape index (κ2) is 5.97. The molecule has 0 bridgehead atoms. The zero-order valence-electron chi connectivity index (χ0n) is 15.2. The van der Waals surface area contributed by atoms with Gasteiger partial charge < -0.3 is 4.98 Å². The van der Waals surface area contributed by atoms with E-state index in [1.807, 2.05) is 13.0 Å². The Morgan fingerprint density at radius 1 is 1.09 bits per heavy atom. The van der Waals surface area contributed by atoms with Crippen LogP contribution in [0.3, 0.4) is 0 Å². The lowest BCUT2D eigenvalue weighted by Crippen LogP contribution is -2.72. The highest BCUT2D eigenvalue weighted by molar-refractivity contribution is 7.44. The molecule has 3 rings (SSSR count). The van der Waals surface area contributed by atoms with Gasteiger partial charge in [-0.05, 0) is 37.3 Å². The third-order valence-corrected chi connectivity index (χ3v) is 23.1. The number of allylic oxidation sites excluding steroid dienone is 1. The molecule has 1 saturated carbocycles. The summed E-state index contributed by atoms with van der Waals surface area (Å²) >= 11 is 0. The predicted octanol–water partition coefficient (Wildman–Crippen LogP) is 4.67. The minimum Gasteiger partial charge on any atom is -0.336 e. The highest BCUT2D eigenvalue weighted by Crippen LogP contribution is 2.34. The molecule has 23 heavy (non-hydrogen) atoms. The summed E-state index contributed by atoms with van der Waals surface area (Å²) in [7, 11) is -3.23. The minimum atomic E-state index is -1.66. The number of rotatable bonds is 4. The summed E-state index contributed by atoms with van der Waals surface area (Å²) in [6, 6.07) is 7.05. The van der Waals surface area contributed by atoms with Gasteiger partial charge in [0.1, 0.15) is 13.6 Å². The van der Waals surface area contributed by atoms with Crippen LogP contribution in [0.5, 0.6) is 0 Å². The first kappa shape index (κ1) is 17.1. The molecular formula is C19H30FNSi2. The molecule has 2 aliphatic rings. The molecule has 0 atom stereocenters. The van der Waals surface area contributed by atoms with Gasteiger partial charge in [-0.2, -0.15) is 0 Å². The first-order chi connectivity index (χ1) is 10.7. The fraction of sp³-hybridized carbons (Fsp3) is 0.579. The maximum absolute atomic E-state index is 14.4. The SMILES string of the molecule is CC1=C(F)c2cccc([Si](C)(C)[Si](C)(C)NC3CCCC3)c2C1. The molecule has 0 radical (unpaired) electrons. The van der Waals surface area contributed by atoms with Crippen molar-refractivity contribution in [3.63, 3.8) is 0 Å². The minimum absolute atomic E-state index is 0.0230. The van der Waals surface area contributed by atoms with E-state index in [9.17, 15) is 4.39 Å². The van der Waals surface area contributed by atoms with Crippen molar-refractivity contribution in [2.75, 3.05) is 0 Å². The van der Waals surface area contributed by atoms with Crippen LogP contribution in [0, 0.1) is 0 Å². The van der Waals surface area contributed by atoms with Crippen molar-refractivity contribution in [2.24, 2.45) is 0 Å². The Morgan fingerprint density at radius 2 is 1.74 bits per heavy atom. The van der Waals surface area contributed by atoms with Gasteiger partial charge in [0, 0.05) is 11.6 Å². The van der Waals surface area contributed by atoms with Crippen LogP contribution in [0.15, 0.2) is 23.8 Å². The van der Waals surface area contributed by atoms with E-state index in [0.717, 1.165) is 23.6 Å². The molecule has 0 amide bonds. The fourth-order valence-electron chi connectivity index (χ4n) is 4.24. The number of halogens is 1. The lowest BCUT2D eigenvalue weighted by atomic mass is 10.1. The number of hydrogen-bond donors (Lipinski definition) is 1. The summed E-state index contributed by atoms with van der Waals surface area (Å²) in [6.45, 7) is 11.9. The normalized spacial score (nSPS) is 19.6. The van der Waals surface area contributed by atoms with E-state index < -0.39 is 15.3 Å². The van der Waals surface area contributed by atoms with Gasteiger partial charge in [0.2, 0.25) is 0 Å². The summed E-state index contributed by atoms with van der Waals surface area (Å²) in [6.07, 6.45) is 6.23. The molecule has 0 aromatic heterocycles. The largest absolute Gasteiger partial charge is 0.336 e. The van der Waals surface area contributed by atoms with Gasteiger partial charge in [0.15, 0.2) is 0 Å². The molecule has 0 heterocycles. The van der Waals surface area contributed by atoms with Gasteiger partial charge in [-0.15, -0.1) is 0 Å². The van der Waals surface area contributed by atoms with E-state index in [-0.39, 0.29) is 5.83 Å². The van der Waals surface area contributed by atoms with Crippen molar-refractivity contribution in [3.05, 3.63) is 34.9 Å². The van der Waals surface area contributed by atoms with E-state index in [2.05, 4.69) is 43.3 Å². The second-order valence-electron chi connectivity index (χ2n) is 8.48. The first-order valence-electron chi connectivity index (χ1n) is 9.00. The second-order valence-corrected chi connectivity index (χ2v) is 23.3. The summed E-state index contributed by atoms with van der Waals surface area (Å²) in [4.78, 5) is 4.10. The van der Waals surface area contributed by atoms with Crippen molar-refractivity contribution in [1.29, 1.82) is 0 Å². The van der Waals surface area contributed by atoms with Crippen molar-refractivity contribution in [3.8, 4) is 0 Å². The highest BCUT2D eigenvalue weighted by atomic mass is 29.3. The highest BCUT2D eigenvalue weighted by Gasteiger charge is 2.45. The van der Waals surface area contributed by atoms with Crippen LogP contribution in [-0.2, 0) is 6.42 Å². The van der Waals surface area contributed by atoms with E-state index in [0.29, 0.717) is 0 Å². The Labute approximate surface area is 142 Å². The first-order valence-corrected chi connectivity index (χ1v) is 16.0. The van der Waals surface area contributed by atoms with Crippen molar-refractivity contribution < 1.29 is 4.39 Å². The van der Waals surface area contributed by atoms with E-state index in [1.165, 1.54) is 36.4 Å². The van der Waals surface area contributed by atoms with Gasteiger partial charge in [-0.3, -0.25) is 0 Å². The summed E-state index contributed by atoms with van der Waals surface area (Å²) in [5.41, 5.74) is 3.06. The van der Waals surface area contributed by atoms with Gasteiger partial charge in [0.25, 0.3) is 0 Å². The van der Waals surface area contributed by atoms with Crippen LogP contribution >= 0.6 is 0 Å². The van der Waals surface area contributed by atoms with Crippen molar-refractivity contribution in [1.82, 2.24) is 4.98 Å². The Hall–Kier alpha value is -0.716. The van der Waals surface area contributed by atoms with Crippen LogP contribution in [0.2, 0.25) is 26.2 Å². The van der Waals surface area contributed by atoms with Crippen molar-refractivity contribution in [2.45, 2.75) is 71.3 Å². The van der Waals surface area contributed by atoms with Crippen LogP contribution in [0.25, 0.3) is 5.83 Å². The van der Waals surface area contributed by atoms with Crippen LogP contribution in [-0.4, -0.2) is 21.4 Å². The topological polar surface area (TPSA) is 12.0 Å². The van der Waals surface area contributed by atoms with E-state index in [4.69, 9.17) is 0 Å². The monoisotopic (exact) mass is 347 g/mol. The molecule has 0 saturated heterocycles. The Bertz CT molecular complexity index is 643. The summed E-state index contributed by atoms with van der Waals surface area (Å²) in [5.74, 6) is 0.0230. The molecule has 1 N–H and O–H groups in total. The van der Waals surface area contributed by atoms with Crippen LogP contribution in [0.4, 0.5) is 4.39 Å². The van der Waals surface area contributed by atoms with Crippen LogP contribution < -0.4 is 10.2 Å². The van der Waals surface area contributed by atoms with E-state index >= 15 is 0 Å². The summed E-state index contributed by atoms with van der Waals surface area (Å²) in [5, 5.41) is 1.49. The molecule has 1 fully saturated rings. The van der Waals surface area contributed by atoms with Crippen LogP contribution in [0.1, 0.15) is 43.7 Å². The zero-order valence-corrected chi connectivity index (χ0v) is 17.2. The Balaban J connectivity index is 1.94. The van der Waals surface area contributed by atoms with Gasteiger partial charge in [-0.1, -0.05) is 62.4 Å². The molecule has 0 spiro atoms. The predicted molar refractivity (Wildman–Crippen MR) is 104 cm³/mol. The Morgan fingerprint density at radius 3 is 2.39 bits per heavy atom. The molecule has 4 heteroatoms. The number of fused-ring (bicyclic) bond motifs is 1. The molecule has 126 valence electrons. The number of hydrogen-bond acceptors (Lipinski definition) is 1. The quantitative estimate of drug-likeness (QED) is 0.780. The standard InChI is InChI=1S/C19H30FNSi2/c1-14-13-17-16(19(14)20)11-8-12-18(17)22(2,3)23(4,5)21-15-9-6-7-10-15/h8,11-12,15,21H,6-7,9-10,13H2,1-5H3. The van der Waals surface area contributed by atoms with Gasteiger partial charge in [0.05, 0.1) is 7.59 Å². The average molecular weight is 348 g/mol. The lowest BCUT2D eigenvalue weighted by molar-refractivity contribution is 0.636. The molecule has 1 aromatic carbocycles. The fourth-order valence-corrected chi connectivity index (χ4v) is 12.5. The van der Waals surface area contributed by atoms with Gasteiger partial charge in [-0.25, -0.2) is 4.39 Å². The third kappa shape index (κ3) is 2.90. The van der Waals surface area contributed by atoms with E-state index in [1.54, 1.807) is 0 Å². The Kier molecular flexibility index (Phi) is 4.45. The van der Waals surface area contributed by atoms with Crippen molar-refractivity contribution >= 4 is 26.4 Å². The molecular weight excluding hydrogens is 317 g/mol. The maximum atomic E-state index is 14.4. The maximum Gasteiger partial charge on any atom is 0.129 e. The molecule has 0 unspecified atom stereocenters. The molecule has 0 aliphatic heterocycles. The average Bonchev–Trinajstić information content (AvgIpc) is 3.07. The lowest BCUT2D eigenvalue weighted by Gasteiger charge is -2.42. The smallest absolute Gasteiger partial charge is 0.129 e. The van der Waals surface area contributed by atoms with Gasteiger partial charge >= 0.3 is 0 Å². The molecule has 1 aromatic rings. The number of nitrogens with one attached hydrogen (secondary N) is 1.